The number of halogens is 3. The van der Waals surface area contributed by atoms with Crippen molar-refractivity contribution >= 4 is 5.91 Å². The molecule has 2 N–H and O–H groups in total. The standard InChI is InChI=1S/C32H32F3N7O2/c33-32(34,35)22-4-1-3-20(17-22)29-39-19-24(40-29)30(43)42-16-10-25-26(42)9-15-41(25)23-7-11-31(44,12-8-23)27-6-5-21(18-38-27)28-36-13-2-14-37-28/h1-6,13-14,17-19,23,25-26,44H,7-12,15-16H2,(H,39,40)/t23?,25?,26-,31?/m0/s1. The monoisotopic (exact) mass is 603 g/mol. The van der Waals surface area contributed by atoms with E-state index in [0.717, 1.165) is 49.9 Å². The lowest BCUT2D eigenvalue weighted by Crippen LogP contribution is -2.46. The van der Waals surface area contributed by atoms with Crippen LogP contribution in [0.15, 0.2) is 67.3 Å². The summed E-state index contributed by atoms with van der Waals surface area (Å²) in [6.45, 7) is 1.49. The van der Waals surface area contributed by atoms with Gasteiger partial charge in [0, 0.05) is 60.9 Å². The zero-order valence-electron chi connectivity index (χ0n) is 23.9. The van der Waals surface area contributed by atoms with Crippen LogP contribution in [-0.4, -0.2) is 76.9 Å². The Kier molecular flexibility index (Phi) is 7.20. The summed E-state index contributed by atoms with van der Waals surface area (Å²) in [6, 6.07) is 11.1. The largest absolute Gasteiger partial charge is 0.416 e. The Bertz CT molecular complexity index is 1640. The molecule has 1 unspecified atom stereocenters. The molecule has 9 nitrogen and oxygen atoms in total. The first kappa shape index (κ1) is 28.6. The van der Waals surface area contributed by atoms with E-state index in [1.807, 2.05) is 17.0 Å². The van der Waals surface area contributed by atoms with E-state index < -0.39 is 17.3 Å². The van der Waals surface area contributed by atoms with Gasteiger partial charge in [0.1, 0.15) is 17.1 Å². The van der Waals surface area contributed by atoms with Crippen LogP contribution in [0.1, 0.15) is 60.3 Å². The summed E-state index contributed by atoms with van der Waals surface area (Å²) in [6.07, 6.45) is 6.63. The predicted molar refractivity (Wildman–Crippen MR) is 155 cm³/mol. The highest BCUT2D eigenvalue weighted by molar-refractivity contribution is 5.93. The number of pyridine rings is 1. The summed E-state index contributed by atoms with van der Waals surface area (Å²) in [5.41, 5.74) is 0.270. The lowest BCUT2D eigenvalue weighted by Gasteiger charge is -2.41. The first-order chi connectivity index (χ1) is 21.2. The van der Waals surface area contributed by atoms with Gasteiger partial charge in [0.25, 0.3) is 5.91 Å². The summed E-state index contributed by atoms with van der Waals surface area (Å²) in [5.74, 6) is 0.646. The number of imidazole rings is 1. The van der Waals surface area contributed by atoms with Gasteiger partial charge in [-0.15, -0.1) is 0 Å². The highest BCUT2D eigenvalue weighted by Gasteiger charge is 2.48. The van der Waals surface area contributed by atoms with Crippen LogP contribution in [0, 0.1) is 0 Å². The minimum Gasteiger partial charge on any atom is -0.384 e. The summed E-state index contributed by atoms with van der Waals surface area (Å²) in [7, 11) is 0. The maximum atomic E-state index is 13.5. The third-order valence-corrected chi connectivity index (χ3v) is 9.47. The van der Waals surface area contributed by atoms with Crippen LogP contribution in [-0.2, 0) is 11.8 Å². The molecule has 1 saturated carbocycles. The second kappa shape index (κ2) is 11.1. The fourth-order valence-electron chi connectivity index (χ4n) is 7.22. The van der Waals surface area contributed by atoms with Gasteiger partial charge in [-0.3, -0.25) is 14.7 Å². The third kappa shape index (κ3) is 5.26. The molecule has 12 heteroatoms. The van der Waals surface area contributed by atoms with Crippen molar-refractivity contribution in [1.82, 2.24) is 34.7 Å². The van der Waals surface area contributed by atoms with Crippen LogP contribution in [0.3, 0.4) is 0 Å². The molecule has 4 aromatic rings. The number of rotatable bonds is 5. The van der Waals surface area contributed by atoms with E-state index in [2.05, 4.69) is 29.8 Å². The maximum absolute atomic E-state index is 13.5. The highest BCUT2D eigenvalue weighted by atomic mass is 19.4. The van der Waals surface area contributed by atoms with Crippen molar-refractivity contribution in [1.29, 1.82) is 0 Å². The van der Waals surface area contributed by atoms with Crippen LogP contribution in [0.25, 0.3) is 22.8 Å². The molecular weight excluding hydrogens is 571 g/mol. The first-order valence-electron chi connectivity index (χ1n) is 15.0. The molecule has 2 atom stereocenters. The zero-order valence-corrected chi connectivity index (χ0v) is 23.9. The quantitative estimate of drug-likeness (QED) is 0.328. The van der Waals surface area contributed by atoms with E-state index in [1.54, 1.807) is 30.7 Å². The number of benzene rings is 1. The van der Waals surface area contributed by atoms with Gasteiger partial charge >= 0.3 is 6.18 Å². The number of fused-ring (bicyclic) bond motifs is 1. The second-order valence-electron chi connectivity index (χ2n) is 11.9. The van der Waals surface area contributed by atoms with Gasteiger partial charge in [-0.2, -0.15) is 13.2 Å². The number of likely N-dealkylation sites (tertiary alicyclic amines) is 2. The number of amides is 1. The molecule has 3 fully saturated rings. The Morgan fingerprint density at radius 1 is 0.886 bits per heavy atom. The van der Waals surface area contributed by atoms with E-state index in [1.165, 1.54) is 12.3 Å². The van der Waals surface area contributed by atoms with Gasteiger partial charge in [0.15, 0.2) is 5.82 Å². The molecular formula is C32H32F3N7O2. The average molecular weight is 604 g/mol. The summed E-state index contributed by atoms with van der Waals surface area (Å²) < 4.78 is 39.5. The SMILES string of the molecule is O=C(c1cnc(-c2cccc(C(F)(F)F)c2)[nH]1)N1CCC2[C@@H]1CCN2C1CCC(O)(c2ccc(-c3ncccn3)cn2)CC1. The average Bonchev–Trinajstić information content (AvgIpc) is 3.79. The van der Waals surface area contributed by atoms with Crippen LogP contribution < -0.4 is 0 Å². The van der Waals surface area contributed by atoms with E-state index in [4.69, 9.17) is 0 Å². The van der Waals surface area contributed by atoms with Gasteiger partial charge in [0.05, 0.1) is 17.5 Å². The number of nitrogens with zero attached hydrogens (tertiary/aromatic N) is 6. The highest BCUT2D eigenvalue weighted by Crippen LogP contribution is 2.42. The number of carbonyl (C=O) groups excluding carboxylic acids is 1. The number of carbonyl (C=O) groups is 1. The fraction of sp³-hybridized carbons (Fsp3) is 0.406. The molecule has 3 aliphatic rings. The first-order valence-corrected chi connectivity index (χ1v) is 15.0. The van der Waals surface area contributed by atoms with E-state index >= 15 is 0 Å². The lowest BCUT2D eigenvalue weighted by molar-refractivity contribution is -0.137. The molecule has 5 heterocycles. The Labute approximate surface area is 252 Å². The third-order valence-electron chi connectivity index (χ3n) is 9.47. The molecule has 1 aromatic carbocycles. The molecule has 3 aromatic heterocycles. The molecule has 0 bridgehead atoms. The van der Waals surface area contributed by atoms with Crippen molar-refractivity contribution in [2.75, 3.05) is 13.1 Å². The summed E-state index contributed by atoms with van der Waals surface area (Å²) >= 11 is 0. The second-order valence-corrected chi connectivity index (χ2v) is 11.9. The molecule has 2 aliphatic heterocycles. The Morgan fingerprint density at radius 3 is 2.39 bits per heavy atom. The molecule has 1 amide bonds. The van der Waals surface area contributed by atoms with Crippen LogP contribution in [0.2, 0.25) is 0 Å². The Balaban J connectivity index is 0.981. The predicted octanol–water partition coefficient (Wildman–Crippen LogP) is 5.07. The fourth-order valence-corrected chi connectivity index (χ4v) is 7.22. The van der Waals surface area contributed by atoms with Crippen molar-refractivity contribution in [3.05, 3.63) is 84.2 Å². The number of hydrogen-bond acceptors (Lipinski definition) is 7. The van der Waals surface area contributed by atoms with E-state index in [9.17, 15) is 23.1 Å². The van der Waals surface area contributed by atoms with Crippen LogP contribution in [0.5, 0.6) is 0 Å². The summed E-state index contributed by atoms with van der Waals surface area (Å²) in [4.78, 5) is 38.2. The van der Waals surface area contributed by atoms with E-state index in [-0.39, 0.29) is 35.1 Å². The molecule has 228 valence electrons. The minimum atomic E-state index is -4.46. The number of aromatic amines is 1. The normalized spacial score (nSPS) is 25.7. The van der Waals surface area contributed by atoms with Crippen molar-refractivity contribution in [3.63, 3.8) is 0 Å². The van der Waals surface area contributed by atoms with Crippen molar-refractivity contribution in [3.8, 4) is 22.8 Å². The number of H-pyrrole nitrogens is 1. The molecule has 7 rings (SSSR count). The zero-order chi connectivity index (χ0) is 30.5. The van der Waals surface area contributed by atoms with Crippen molar-refractivity contribution in [2.24, 2.45) is 0 Å². The Hall–Kier alpha value is -4.16. The van der Waals surface area contributed by atoms with Crippen LogP contribution in [0.4, 0.5) is 13.2 Å². The summed E-state index contributed by atoms with van der Waals surface area (Å²) in [5, 5.41) is 11.5. The van der Waals surface area contributed by atoms with Gasteiger partial charge in [-0.05, 0) is 68.9 Å². The van der Waals surface area contributed by atoms with Gasteiger partial charge in [-0.1, -0.05) is 12.1 Å². The molecule has 2 saturated heterocycles. The van der Waals surface area contributed by atoms with Gasteiger partial charge in [0.2, 0.25) is 0 Å². The topological polar surface area (TPSA) is 111 Å². The van der Waals surface area contributed by atoms with Gasteiger partial charge in [-0.25, -0.2) is 15.0 Å². The molecule has 0 spiro atoms. The van der Waals surface area contributed by atoms with E-state index in [0.29, 0.717) is 36.9 Å². The Morgan fingerprint density at radius 2 is 1.66 bits per heavy atom. The molecule has 1 aliphatic carbocycles. The number of aromatic nitrogens is 5. The maximum Gasteiger partial charge on any atom is 0.416 e. The number of alkyl halides is 3. The van der Waals surface area contributed by atoms with Crippen molar-refractivity contribution in [2.45, 2.75) is 68.4 Å². The smallest absolute Gasteiger partial charge is 0.384 e. The lowest BCUT2D eigenvalue weighted by atomic mass is 9.79. The van der Waals surface area contributed by atoms with Crippen molar-refractivity contribution < 1.29 is 23.1 Å². The number of aliphatic hydroxyl groups is 1. The minimum absolute atomic E-state index is 0.0676. The molecule has 44 heavy (non-hydrogen) atoms. The molecule has 0 radical (unpaired) electrons. The number of hydrogen-bond donors (Lipinski definition) is 2. The van der Waals surface area contributed by atoms with Crippen LogP contribution >= 0.6 is 0 Å². The number of nitrogens with one attached hydrogen (secondary N) is 1. The van der Waals surface area contributed by atoms with Gasteiger partial charge < -0.3 is 15.0 Å².